The van der Waals surface area contributed by atoms with Crippen molar-refractivity contribution in [3.05, 3.63) is 29.8 Å². The molecule has 7 heteroatoms. The van der Waals surface area contributed by atoms with Crippen LogP contribution in [0.1, 0.15) is 23.2 Å². The fraction of sp³-hybridized carbons (Fsp3) is 0.429. The van der Waals surface area contributed by atoms with Gasteiger partial charge in [0.15, 0.2) is 0 Å². The molecule has 1 aromatic carbocycles. The fourth-order valence-electron chi connectivity index (χ4n) is 2.75. The van der Waals surface area contributed by atoms with E-state index in [1.54, 1.807) is 17.0 Å². The van der Waals surface area contributed by atoms with E-state index in [1.165, 1.54) is 12.1 Å². The average molecular weight is 313 g/mol. The van der Waals surface area contributed by atoms with Crippen LogP contribution in [0.25, 0.3) is 0 Å². The molecule has 0 bridgehead atoms. The molecule has 2 fully saturated rings. The van der Waals surface area contributed by atoms with Gasteiger partial charge in [-0.05, 0) is 37.4 Å². The van der Waals surface area contributed by atoms with E-state index in [-0.39, 0.29) is 24.1 Å². The summed E-state index contributed by atoms with van der Waals surface area (Å²) in [5, 5.41) is 12.1. The van der Waals surface area contributed by atoms with Crippen molar-refractivity contribution in [2.75, 3.05) is 24.5 Å². The van der Waals surface area contributed by atoms with Gasteiger partial charge in [-0.25, -0.2) is 9.59 Å². The second-order valence-corrected chi connectivity index (χ2v) is 5.24. The molecule has 0 radical (unpaired) electrons. The van der Waals surface area contributed by atoms with Crippen LogP contribution in [-0.2, 0) is 4.74 Å². The molecular weight excluding hydrogens is 296 g/mol. The van der Waals surface area contributed by atoms with Gasteiger partial charge < -0.3 is 15.2 Å². The van der Waals surface area contributed by atoms with Crippen molar-refractivity contribution in [1.82, 2.24) is 5.32 Å². The number of anilines is 1. The quantitative estimate of drug-likeness (QED) is 0.872. The number of rotatable bonds is 2. The van der Waals surface area contributed by atoms with Gasteiger partial charge >= 0.3 is 12.1 Å². The Labute approximate surface area is 128 Å². The number of halogens is 1. The minimum absolute atomic E-state index is 0. The summed E-state index contributed by atoms with van der Waals surface area (Å²) in [6, 6.07) is 6.28. The zero-order chi connectivity index (χ0) is 14.2. The maximum atomic E-state index is 12.0. The summed E-state index contributed by atoms with van der Waals surface area (Å²) in [6.07, 6.45) is 1.26. The first kappa shape index (κ1) is 15.6. The molecule has 2 heterocycles. The van der Waals surface area contributed by atoms with E-state index in [2.05, 4.69) is 5.32 Å². The van der Waals surface area contributed by atoms with Crippen LogP contribution in [0.4, 0.5) is 10.5 Å². The summed E-state index contributed by atoms with van der Waals surface area (Å²) in [7, 11) is 0. The minimum atomic E-state index is -0.977. The van der Waals surface area contributed by atoms with Crippen molar-refractivity contribution < 1.29 is 19.4 Å². The predicted molar refractivity (Wildman–Crippen MR) is 79.3 cm³/mol. The highest BCUT2D eigenvalue weighted by molar-refractivity contribution is 5.92. The molecule has 0 unspecified atom stereocenters. The lowest BCUT2D eigenvalue weighted by Gasteiger charge is -2.31. The number of carbonyl (C=O) groups is 2. The van der Waals surface area contributed by atoms with Gasteiger partial charge in [-0.15, -0.1) is 12.4 Å². The second kappa shape index (κ2) is 5.91. The van der Waals surface area contributed by atoms with Crippen molar-refractivity contribution in [1.29, 1.82) is 0 Å². The fourth-order valence-corrected chi connectivity index (χ4v) is 2.75. The van der Waals surface area contributed by atoms with Crippen molar-refractivity contribution in [3.63, 3.8) is 0 Å². The number of carboxylic acid groups (broad SMARTS) is 1. The van der Waals surface area contributed by atoms with E-state index in [0.717, 1.165) is 25.9 Å². The van der Waals surface area contributed by atoms with E-state index in [9.17, 15) is 9.59 Å². The van der Waals surface area contributed by atoms with Gasteiger partial charge in [0.05, 0.1) is 12.1 Å². The third-order valence-electron chi connectivity index (χ3n) is 3.91. The molecule has 0 saturated carbocycles. The molecule has 0 aromatic heterocycles. The number of hydrogen-bond donors (Lipinski definition) is 2. The molecule has 0 aliphatic carbocycles. The van der Waals surface area contributed by atoms with Crippen LogP contribution in [0.2, 0.25) is 0 Å². The van der Waals surface area contributed by atoms with Crippen LogP contribution < -0.4 is 10.2 Å². The number of nitrogens with zero attached hydrogens (tertiary/aromatic N) is 1. The van der Waals surface area contributed by atoms with Gasteiger partial charge in [0.2, 0.25) is 0 Å². The Kier molecular flexibility index (Phi) is 4.39. The van der Waals surface area contributed by atoms with Crippen LogP contribution in [-0.4, -0.2) is 42.4 Å². The third-order valence-corrected chi connectivity index (χ3v) is 3.91. The van der Waals surface area contributed by atoms with Gasteiger partial charge in [-0.1, -0.05) is 0 Å². The van der Waals surface area contributed by atoms with Crippen LogP contribution in [0.3, 0.4) is 0 Å². The van der Waals surface area contributed by atoms with Crippen molar-refractivity contribution in [3.8, 4) is 0 Å². The van der Waals surface area contributed by atoms with Gasteiger partial charge in [0, 0.05) is 18.5 Å². The molecule has 2 saturated heterocycles. The van der Waals surface area contributed by atoms with Gasteiger partial charge in [0.25, 0.3) is 0 Å². The number of carbonyl (C=O) groups excluding carboxylic acids is 1. The summed E-state index contributed by atoms with van der Waals surface area (Å²) in [6.45, 7) is 2.22. The SMILES string of the molecule is Cl.O=C(O)c1ccc(N2CC3(CCNCC3)OC2=O)cc1. The highest BCUT2D eigenvalue weighted by atomic mass is 35.5. The summed E-state index contributed by atoms with van der Waals surface area (Å²) in [5.41, 5.74) is 0.488. The Hall–Kier alpha value is -1.79. The third kappa shape index (κ3) is 2.96. The van der Waals surface area contributed by atoms with Crippen molar-refractivity contribution >= 4 is 30.2 Å². The normalized spacial score (nSPS) is 20.0. The minimum Gasteiger partial charge on any atom is -0.478 e. The molecule has 3 rings (SSSR count). The Morgan fingerprint density at radius 3 is 2.43 bits per heavy atom. The van der Waals surface area contributed by atoms with Gasteiger partial charge in [-0.2, -0.15) is 0 Å². The number of ether oxygens (including phenoxy) is 1. The Balaban J connectivity index is 0.00000161. The summed E-state index contributed by atoms with van der Waals surface area (Å²) in [5.74, 6) is -0.977. The highest BCUT2D eigenvalue weighted by Crippen LogP contribution is 2.34. The van der Waals surface area contributed by atoms with E-state index >= 15 is 0 Å². The van der Waals surface area contributed by atoms with Crippen LogP contribution in [0.5, 0.6) is 0 Å². The lowest BCUT2D eigenvalue weighted by molar-refractivity contribution is 0.0316. The monoisotopic (exact) mass is 312 g/mol. The number of hydrogen-bond acceptors (Lipinski definition) is 4. The molecule has 114 valence electrons. The Bertz CT molecular complexity index is 540. The number of piperidine rings is 1. The first-order valence-electron chi connectivity index (χ1n) is 6.64. The standard InChI is InChI=1S/C14H16N2O4.ClH/c17-12(18)10-1-3-11(4-2-10)16-9-14(20-13(16)19)5-7-15-8-6-14;/h1-4,15H,5-9H2,(H,17,18);1H. The molecule has 2 aliphatic heterocycles. The van der Waals surface area contributed by atoms with Crippen molar-refractivity contribution in [2.24, 2.45) is 0 Å². The smallest absolute Gasteiger partial charge is 0.415 e. The average Bonchev–Trinajstić information content (AvgIpc) is 2.76. The molecule has 1 amide bonds. The van der Waals surface area contributed by atoms with Gasteiger partial charge in [0.1, 0.15) is 5.60 Å². The van der Waals surface area contributed by atoms with Crippen molar-refractivity contribution in [2.45, 2.75) is 18.4 Å². The molecule has 0 atom stereocenters. The van der Waals surface area contributed by atoms with E-state index < -0.39 is 11.6 Å². The molecular formula is C14H17ClN2O4. The van der Waals surface area contributed by atoms with Crippen LogP contribution in [0, 0.1) is 0 Å². The maximum Gasteiger partial charge on any atom is 0.415 e. The van der Waals surface area contributed by atoms with E-state index in [0.29, 0.717) is 12.2 Å². The first-order valence-corrected chi connectivity index (χ1v) is 6.64. The zero-order valence-electron chi connectivity index (χ0n) is 11.4. The number of amides is 1. The zero-order valence-corrected chi connectivity index (χ0v) is 12.2. The first-order chi connectivity index (χ1) is 9.60. The lowest BCUT2D eigenvalue weighted by Crippen LogP contribution is -2.44. The number of carboxylic acids is 1. The number of aromatic carboxylic acids is 1. The van der Waals surface area contributed by atoms with Crippen LogP contribution >= 0.6 is 12.4 Å². The molecule has 2 N–H and O–H groups in total. The maximum absolute atomic E-state index is 12.0. The van der Waals surface area contributed by atoms with E-state index in [1.807, 2.05) is 0 Å². The van der Waals surface area contributed by atoms with E-state index in [4.69, 9.17) is 9.84 Å². The second-order valence-electron chi connectivity index (χ2n) is 5.24. The molecule has 6 nitrogen and oxygen atoms in total. The number of nitrogens with one attached hydrogen (secondary N) is 1. The summed E-state index contributed by atoms with van der Waals surface area (Å²) < 4.78 is 5.57. The highest BCUT2D eigenvalue weighted by Gasteiger charge is 2.46. The number of benzene rings is 1. The summed E-state index contributed by atoms with van der Waals surface area (Å²) in [4.78, 5) is 24.4. The topological polar surface area (TPSA) is 78.9 Å². The Morgan fingerprint density at radius 2 is 1.86 bits per heavy atom. The molecule has 2 aliphatic rings. The Morgan fingerprint density at radius 1 is 1.24 bits per heavy atom. The predicted octanol–water partition coefficient (Wildman–Crippen LogP) is 1.89. The largest absolute Gasteiger partial charge is 0.478 e. The summed E-state index contributed by atoms with van der Waals surface area (Å²) >= 11 is 0. The molecule has 1 aromatic rings. The molecule has 21 heavy (non-hydrogen) atoms. The molecule has 1 spiro atoms. The van der Waals surface area contributed by atoms with Gasteiger partial charge in [-0.3, -0.25) is 4.90 Å². The lowest BCUT2D eigenvalue weighted by atomic mass is 9.92. The van der Waals surface area contributed by atoms with Crippen LogP contribution in [0.15, 0.2) is 24.3 Å².